The Kier molecular flexibility index (Phi) is 5.98. The Labute approximate surface area is 162 Å². The number of carboxylic acid groups (broad SMARTS) is 1. The molecule has 8 heteroatoms. The fraction of sp³-hybridized carbons (Fsp3) is 0.316. The van der Waals surface area contributed by atoms with Gasteiger partial charge in [0.25, 0.3) is 10.0 Å². The Bertz CT molecular complexity index is 956. The number of aliphatic carboxylic acids is 1. The highest BCUT2D eigenvalue weighted by Gasteiger charge is 2.27. The summed E-state index contributed by atoms with van der Waals surface area (Å²) in [6.07, 6.45) is 4.15. The fourth-order valence-electron chi connectivity index (χ4n) is 3.01. The molecule has 0 saturated carbocycles. The smallest absolute Gasteiger partial charge is 0.252 e. The standard InChI is InChI=1S/C19H21NO5S2/c1-25-16-8-4-3-7-14(16)13-15(19(21)22)17-9-10-18(26-17)27(23,24)20-11-5-2-6-12-20/h3-4,7-10,13H,2,5-6,11-12H2,1H3,(H,21,22)/p-1/b15-13-. The molecule has 1 aliphatic heterocycles. The van der Waals surface area contributed by atoms with Crippen molar-refractivity contribution < 1.29 is 23.1 Å². The Hall–Kier alpha value is -2.16. The van der Waals surface area contributed by atoms with Gasteiger partial charge in [-0.3, -0.25) is 0 Å². The lowest BCUT2D eigenvalue weighted by Crippen LogP contribution is -2.35. The van der Waals surface area contributed by atoms with Crippen LogP contribution in [0.1, 0.15) is 29.7 Å². The molecule has 144 valence electrons. The zero-order valence-electron chi connectivity index (χ0n) is 14.9. The van der Waals surface area contributed by atoms with E-state index in [0.717, 1.165) is 30.6 Å². The molecule has 3 rings (SSSR count). The van der Waals surface area contributed by atoms with Gasteiger partial charge in [-0.1, -0.05) is 24.6 Å². The van der Waals surface area contributed by atoms with Gasteiger partial charge in [0, 0.05) is 29.1 Å². The molecular formula is C19H20NO5S2-. The normalized spacial score (nSPS) is 16.3. The van der Waals surface area contributed by atoms with Crippen LogP contribution in [-0.4, -0.2) is 38.9 Å². The van der Waals surface area contributed by atoms with E-state index >= 15 is 0 Å². The van der Waals surface area contributed by atoms with Crippen LogP contribution >= 0.6 is 11.3 Å². The highest BCUT2D eigenvalue weighted by atomic mass is 32.2. The molecule has 0 N–H and O–H groups in total. The molecule has 0 spiro atoms. The molecule has 1 fully saturated rings. The molecule has 1 aromatic carbocycles. The third kappa shape index (κ3) is 4.23. The molecule has 1 aromatic heterocycles. The number of thiophene rings is 1. The first-order chi connectivity index (χ1) is 12.9. The van der Waals surface area contributed by atoms with Gasteiger partial charge in [0.2, 0.25) is 0 Å². The summed E-state index contributed by atoms with van der Waals surface area (Å²) in [7, 11) is -2.10. The maximum absolute atomic E-state index is 12.8. The molecule has 0 radical (unpaired) electrons. The molecule has 0 amide bonds. The first-order valence-electron chi connectivity index (χ1n) is 8.60. The number of piperidine rings is 1. The minimum absolute atomic E-state index is 0.0791. The van der Waals surface area contributed by atoms with Crippen LogP contribution in [0.15, 0.2) is 40.6 Å². The Morgan fingerprint density at radius 1 is 1.15 bits per heavy atom. The number of para-hydroxylation sites is 1. The molecule has 0 atom stereocenters. The summed E-state index contributed by atoms with van der Waals surface area (Å²) in [6, 6.07) is 9.97. The molecule has 0 aliphatic carbocycles. The average molecular weight is 407 g/mol. The third-order valence-corrected chi connectivity index (χ3v) is 7.90. The lowest BCUT2D eigenvalue weighted by Gasteiger charge is -2.25. The van der Waals surface area contributed by atoms with Crippen LogP contribution in [0.4, 0.5) is 0 Å². The number of benzene rings is 1. The van der Waals surface area contributed by atoms with Gasteiger partial charge in [-0.2, -0.15) is 4.31 Å². The van der Waals surface area contributed by atoms with E-state index in [0.29, 0.717) is 29.3 Å². The summed E-state index contributed by atoms with van der Waals surface area (Å²) in [5.74, 6) is -0.848. The van der Waals surface area contributed by atoms with E-state index in [2.05, 4.69) is 0 Å². The van der Waals surface area contributed by atoms with Gasteiger partial charge in [-0.15, -0.1) is 11.3 Å². The predicted molar refractivity (Wildman–Crippen MR) is 103 cm³/mol. The van der Waals surface area contributed by atoms with Gasteiger partial charge in [0.05, 0.1) is 13.1 Å². The molecule has 1 aliphatic rings. The van der Waals surface area contributed by atoms with Gasteiger partial charge in [-0.05, 0) is 37.1 Å². The summed E-state index contributed by atoms with van der Waals surface area (Å²) in [5, 5.41) is 11.7. The van der Waals surface area contributed by atoms with Crippen LogP contribution in [0.25, 0.3) is 11.6 Å². The van der Waals surface area contributed by atoms with Gasteiger partial charge in [0.1, 0.15) is 9.96 Å². The second-order valence-electron chi connectivity index (χ2n) is 6.17. The molecule has 0 bridgehead atoms. The van der Waals surface area contributed by atoms with E-state index in [4.69, 9.17) is 4.74 Å². The SMILES string of the molecule is COc1ccccc1/C=C(\C(=O)[O-])c1ccc(S(=O)(=O)N2CCCCC2)s1. The lowest BCUT2D eigenvalue weighted by molar-refractivity contribution is -0.295. The van der Waals surface area contributed by atoms with E-state index in [1.165, 1.54) is 29.6 Å². The predicted octanol–water partition coefficient (Wildman–Crippen LogP) is 2.22. The summed E-state index contributed by atoms with van der Waals surface area (Å²) in [5.41, 5.74) is 0.498. The van der Waals surface area contributed by atoms with Crippen molar-refractivity contribution in [2.45, 2.75) is 23.5 Å². The number of hydrogen-bond acceptors (Lipinski definition) is 6. The Balaban J connectivity index is 1.97. The van der Waals surface area contributed by atoms with E-state index in [-0.39, 0.29) is 9.78 Å². The van der Waals surface area contributed by atoms with Crippen molar-refractivity contribution in [2.24, 2.45) is 0 Å². The van der Waals surface area contributed by atoms with Gasteiger partial charge in [-0.25, -0.2) is 8.42 Å². The van der Waals surface area contributed by atoms with E-state index < -0.39 is 16.0 Å². The number of hydrogen-bond donors (Lipinski definition) is 0. The van der Waals surface area contributed by atoms with E-state index in [1.807, 2.05) is 0 Å². The third-order valence-electron chi connectivity index (χ3n) is 4.41. The molecule has 6 nitrogen and oxygen atoms in total. The number of methoxy groups -OCH3 is 1. The maximum atomic E-state index is 12.8. The molecule has 2 heterocycles. The maximum Gasteiger partial charge on any atom is 0.252 e. The van der Waals surface area contributed by atoms with Crippen molar-refractivity contribution >= 4 is 39.0 Å². The molecular weight excluding hydrogens is 386 g/mol. The van der Waals surface area contributed by atoms with Crippen molar-refractivity contribution in [1.29, 1.82) is 0 Å². The monoisotopic (exact) mass is 406 g/mol. The molecule has 1 saturated heterocycles. The highest BCUT2D eigenvalue weighted by molar-refractivity contribution is 7.91. The summed E-state index contributed by atoms with van der Waals surface area (Å²) in [6.45, 7) is 1.000. The minimum Gasteiger partial charge on any atom is -0.545 e. The highest BCUT2D eigenvalue weighted by Crippen LogP contribution is 2.32. The van der Waals surface area contributed by atoms with Gasteiger partial charge in [0.15, 0.2) is 0 Å². The summed E-state index contributed by atoms with van der Waals surface area (Å²) < 4.78 is 32.4. The molecule has 2 aromatic rings. The van der Waals surface area contributed by atoms with Crippen LogP contribution in [-0.2, 0) is 14.8 Å². The number of carboxylic acids is 1. The number of carbonyl (C=O) groups is 1. The van der Waals surface area contributed by atoms with Crippen LogP contribution in [0.2, 0.25) is 0 Å². The first-order valence-corrected chi connectivity index (χ1v) is 10.9. The largest absolute Gasteiger partial charge is 0.545 e. The number of rotatable bonds is 6. The molecule has 27 heavy (non-hydrogen) atoms. The zero-order chi connectivity index (χ0) is 19.4. The number of carbonyl (C=O) groups excluding carboxylic acids is 1. The second-order valence-corrected chi connectivity index (χ2v) is 9.42. The van der Waals surface area contributed by atoms with Crippen LogP contribution in [0.3, 0.4) is 0 Å². The Morgan fingerprint density at radius 3 is 2.52 bits per heavy atom. The minimum atomic E-state index is -3.60. The first kappa shape index (κ1) is 19.6. The van der Waals surface area contributed by atoms with Gasteiger partial charge < -0.3 is 14.6 Å². The quantitative estimate of drug-likeness (QED) is 0.687. The van der Waals surface area contributed by atoms with Crippen molar-refractivity contribution in [3.05, 3.63) is 46.8 Å². The van der Waals surface area contributed by atoms with Crippen molar-refractivity contribution in [3.8, 4) is 5.75 Å². The second kappa shape index (κ2) is 8.24. The van der Waals surface area contributed by atoms with Crippen molar-refractivity contribution in [2.75, 3.05) is 20.2 Å². The van der Waals surface area contributed by atoms with Crippen LogP contribution in [0, 0.1) is 0 Å². The lowest BCUT2D eigenvalue weighted by atomic mass is 10.1. The molecule has 0 unspecified atom stereocenters. The summed E-state index contributed by atoms with van der Waals surface area (Å²) >= 11 is 0.943. The number of ether oxygens (including phenoxy) is 1. The van der Waals surface area contributed by atoms with Crippen LogP contribution in [0.5, 0.6) is 5.75 Å². The van der Waals surface area contributed by atoms with Crippen molar-refractivity contribution in [1.82, 2.24) is 4.31 Å². The fourth-order valence-corrected chi connectivity index (χ4v) is 5.99. The average Bonchev–Trinajstić information content (AvgIpc) is 3.17. The van der Waals surface area contributed by atoms with Gasteiger partial charge >= 0.3 is 0 Å². The van der Waals surface area contributed by atoms with E-state index in [9.17, 15) is 18.3 Å². The number of nitrogens with zero attached hydrogens (tertiary/aromatic N) is 1. The zero-order valence-corrected chi connectivity index (χ0v) is 16.5. The summed E-state index contributed by atoms with van der Waals surface area (Å²) in [4.78, 5) is 12.0. The Morgan fingerprint density at radius 2 is 1.85 bits per heavy atom. The van der Waals surface area contributed by atoms with E-state index in [1.54, 1.807) is 24.3 Å². The van der Waals surface area contributed by atoms with Crippen LogP contribution < -0.4 is 9.84 Å². The number of sulfonamides is 1. The van der Waals surface area contributed by atoms with Crippen molar-refractivity contribution in [3.63, 3.8) is 0 Å². The topological polar surface area (TPSA) is 86.7 Å².